The number of aromatic nitrogens is 2. The van der Waals surface area contributed by atoms with E-state index in [0.29, 0.717) is 13.1 Å². The Bertz CT molecular complexity index is 489. The summed E-state index contributed by atoms with van der Waals surface area (Å²) in [6, 6.07) is 0.719. The zero-order valence-electron chi connectivity index (χ0n) is 11.7. The molecule has 0 fully saturated rings. The van der Waals surface area contributed by atoms with Gasteiger partial charge < -0.3 is 10.2 Å². The molecule has 1 rings (SSSR count). The summed E-state index contributed by atoms with van der Waals surface area (Å²) in [5.74, 6) is 4.27. The van der Waals surface area contributed by atoms with Crippen LogP contribution in [0.25, 0.3) is 0 Å². The van der Waals surface area contributed by atoms with Gasteiger partial charge in [-0.05, 0) is 13.8 Å². The number of hydrazine groups is 1. The third-order valence-corrected chi connectivity index (χ3v) is 2.68. The van der Waals surface area contributed by atoms with Gasteiger partial charge >= 0.3 is 6.18 Å². The van der Waals surface area contributed by atoms with E-state index in [2.05, 4.69) is 15.3 Å². The highest BCUT2D eigenvalue weighted by molar-refractivity contribution is 5.80. The molecule has 1 aromatic heterocycles. The fourth-order valence-electron chi connectivity index (χ4n) is 1.60. The van der Waals surface area contributed by atoms with Crippen LogP contribution in [-0.4, -0.2) is 40.4 Å². The molecule has 10 heteroatoms. The number of hydrogen-bond acceptors (Lipinski definition) is 6. The van der Waals surface area contributed by atoms with E-state index < -0.39 is 11.9 Å². The number of nitrogens with two attached hydrogens (primary N) is 1. The zero-order chi connectivity index (χ0) is 16.0. The lowest BCUT2D eigenvalue weighted by atomic mass is 10.3. The first kappa shape index (κ1) is 17.0. The first-order valence-corrected chi connectivity index (χ1v) is 6.26. The second kappa shape index (κ2) is 7.07. The lowest BCUT2D eigenvalue weighted by Crippen LogP contribution is -2.35. The summed E-state index contributed by atoms with van der Waals surface area (Å²) >= 11 is 0. The molecule has 0 atom stereocenters. The predicted molar refractivity (Wildman–Crippen MR) is 71.3 cm³/mol. The maximum absolute atomic E-state index is 12.7. The molecule has 1 heterocycles. The average molecular weight is 306 g/mol. The Hall–Kier alpha value is -2.10. The van der Waals surface area contributed by atoms with Crippen LogP contribution >= 0.6 is 0 Å². The van der Waals surface area contributed by atoms with Crippen molar-refractivity contribution in [2.24, 2.45) is 5.84 Å². The second-order valence-electron chi connectivity index (χ2n) is 4.02. The highest BCUT2D eigenvalue weighted by atomic mass is 19.4. The van der Waals surface area contributed by atoms with Crippen LogP contribution in [0.1, 0.15) is 19.5 Å². The molecule has 1 aromatic rings. The van der Waals surface area contributed by atoms with Crippen molar-refractivity contribution in [3.05, 3.63) is 11.8 Å². The molecule has 0 aromatic carbocycles. The quantitative estimate of drug-likeness (QED) is 0.537. The molecule has 0 saturated heterocycles. The van der Waals surface area contributed by atoms with Crippen LogP contribution in [0, 0.1) is 0 Å². The smallest absolute Gasteiger partial charge is 0.361 e. The molecule has 7 nitrogen and oxygen atoms in total. The molecule has 118 valence electrons. The molecule has 21 heavy (non-hydrogen) atoms. The average Bonchev–Trinajstić information content (AvgIpc) is 2.45. The van der Waals surface area contributed by atoms with Gasteiger partial charge in [0.1, 0.15) is 5.82 Å². The zero-order valence-corrected chi connectivity index (χ0v) is 11.7. The number of carbonyl (C=O) groups is 1. The van der Waals surface area contributed by atoms with Gasteiger partial charge in [0, 0.05) is 19.2 Å². The van der Waals surface area contributed by atoms with Crippen LogP contribution in [0.2, 0.25) is 0 Å². The van der Waals surface area contributed by atoms with E-state index in [1.165, 1.54) is 0 Å². The maximum atomic E-state index is 12.7. The molecular weight excluding hydrogens is 289 g/mol. The number of nitrogen functional groups attached to an aromatic ring is 1. The largest absolute Gasteiger partial charge is 0.433 e. The summed E-state index contributed by atoms with van der Waals surface area (Å²) < 4.78 is 38.0. The fourth-order valence-corrected chi connectivity index (χ4v) is 1.60. The van der Waals surface area contributed by atoms with Gasteiger partial charge in [-0.15, -0.1) is 0 Å². The third-order valence-electron chi connectivity index (χ3n) is 2.68. The highest BCUT2D eigenvalue weighted by Gasteiger charge is 2.33. The number of likely N-dealkylation sites (N-methyl/N-ethyl adjacent to an activating group) is 1. The topological polar surface area (TPSA) is 96.2 Å². The first-order chi connectivity index (χ1) is 9.81. The Morgan fingerprint density at radius 2 is 1.95 bits per heavy atom. The minimum Gasteiger partial charge on any atom is -0.361 e. The van der Waals surface area contributed by atoms with E-state index in [1.54, 1.807) is 4.90 Å². The molecule has 0 bridgehead atoms. The van der Waals surface area contributed by atoms with Crippen molar-refractivity contribution in [2.75, 3.05) is 30.4 Å². The molecule has 0 aliphatic heterocycles. The molecule has 0 radical (unpaired) electrons. The van der Waals surface area contributed by atoms with E-state index in [0.717, 1.165) is 6.07 Å². The van der Waals surface area contributed by atoms with Crippen molar-refractivity contribution in [1.29, 1.82) is 0 Å². The van der Waals surface area contributed by atoms with Gasteiger partial charge in [0.2, 0.25) is 11.9 Å². The molecule has 0 unspecified atom stereocenters. The van der Waals surface area contributed by atoms with Crippen molar-refractivity contribution in [3.63, 3.8) is 0 Å². The summed E-state index contributed by atoms with van der Waals surface area (Å²) in [5.41, 5.74) is 0.805. The molecule has 0 spiro atoms. The number of nitrogens with zero attached hydrogens (tertiary/aromatic N) is 3. The number of halogens is 3. The number of rotatable bonds is 6. The van der Waals surface area contributed by atoms with Crippen LogP contribution in [0.3, 0.4) is 0 Å². The van der Waals surface area contributed by atoms with Crippen LogP contribution in [0.5, 0.6) is 0 Å². The van der Waals surface area contributed by atoms with Gasteiger partial charge in [-0.1, -0.05) is 0 Å². The predicted octanol–water partition coefficient (Wildman–Crippen LogP) is 1.06. The van der Waals surface area contributed by atoms with E-state index in [-0.39, 0.29) is 24.2 Å². The summed E-state index contributed by atoms with van der Waals surface area (Å²) in [4.78, 5) is 20.2. The number of amides is 1. The standard InChI is InChI=1S/C11H17F3N6O/c1-3-20(4-2)9(21)6-16-8-5-7(11(12,13)14)17-10(18-8)19-15/h5H,3-4,6,15H2,1-2H3,(H2,16,17,18,19). The van der Waals surface area contributed by atoms with Gasteiger partial charge in [0.25, 0.3) is 0 Å². The molecule has 0 aliphatic carbocycles. The minimum absolute atomic E-state index is 0.134. The third kappa shape index (κ3) is 4.74. The Morgan fingerprint density at radius 1 is 1.33 bits per heavy atom. The minimum atomic E-state index is -4.63. The van der Waals surface area contributed by atoms with Gasteiger partial charge in [-0.25, -0.2) is 10.8 Å². The summed E-state index contributed by atoms with van der Waals surface area (Å²) in [6.45, 7) is 4.49. The van der Waals surface area contributed by atoms with Crippen molar-refractivity contribution >= 4 is 17.7 Å². The van der Waals surface area contributed by atoms with Crippen LogP contribution in [-0.2, 0) is 11.0 Å². The lowest BCUT2D eigenvalue weighted by molar-refractivity contribution is -0.141. The first-order valence-electron chi connectivity index (χ1n) is 6.26. The molecule has 4 N–H and O–H groups in total. The SMILES string of the molecule is CCN(CC)C(=O)CNc1cc(C(F)(F)F)nc(NN)n1. The monoisotopic (exact) mass is 306 g/mol. The number of anilines is 2. The Morgan fingerprint density at radius 3 is 2.43 bits per heavy atom. The summed E-state index contributed by atoms with van der Waals surface area (Å²) in [7, 11) is 0. The molecule has 0 aliphatic rings. The van der Waals surface area contributed by atoms with Gasteiger partial charge in [0.15, 0.2) is 5.69 Å². The van der Waals surface area contributed by atoms with E-state index in [4.69, 9.17) is 5.84 Å². The van der Waals surface area contributed by atoms with Gasteiger partial charge in [0.05, 0.1) is 6.54 Å². The Kier molecular flexibility index (Phi) is 5.70. The van der Waals surface area contributed by atoms with Crippen molar-refractivity contribution in [3.8, 4) is 0 Å². The molecule has 0 saturated carbocycles. The number of hydrogen-bond donors (Lipinski definition) is 3. The Balaban J connectivity index is 2.86. The van der Waals surface area contributed by atoms with Crippen LogP contribution in [0.4, 0.5) is 24.9 Å². The lowest BCUT2D eigenvalue weighted by Gasteiger charge is -2.19. The van der Waals surface area contributed by atoms with Crippen molar-refractivity contribution in [1.82, 2.24) is 14.9 Å². The molecular formula is C11H17F3N6O. The number of carbonyl (C=O) groups excluding carboxylic acids is 1. The van der Waals surface area contributed by atoms with Gasteiger partial charge in [-0.3, -0.25) is 10.2 Å². The van der Waals surface area contributed by atoms with E-state index in [1.807, 2.05) is 19.3 Å². The summed E-state index contributed by atoms with van der Waals surface area (Å²) in [6.07, 6.45) is -4.63. The fraction of sp³-hybridized carbons (Fsp3) is 0.545. The van der Waals surface area contributed by atoms with E-state index in [9.17, 15) is 18.0 Å². The number of nitrogens with one attached hydrogen (secondary N) is 2. The van der Waals surface area contributed by atoms with Crippen molar-refractivity contribution in [2.45, 2.75) is 20.0 Å². The maximum Gasteiger partial charge on any atom is 0.433 e. The number of alkyl halides is 3. The van der Waals surface area contributed by atoms with Crippen LogP contribution < -0.4 is 16.6 Å². The van der Waals surface area contributed by atoms with Crippen molar-refractivity contribution < 1.29 is 18.0 Å². The normalized spacial score (nSPS) is 11.1. The van der Waals surface area contributed by atoms with E-state index >= 15 is 0 Å². The van der Waals surface area contributed by atoms with Gasteiger partial charge in [-0.2, -0.15) is 18.2 Å². The summed E-state index contributed by atoms with van der Waals surface area (Å²) in [5, 5.41) is 2.54. The second-order valence-corrected chi connectivity index (χ2v) is 4.02. The molecule has 1 amide bonds. The highest BCUT2D eigenvalue weighted by Crippen LogP contribution is 2.29. The van der Waals surface area contributed by atoms with Crippen LogP contribution in [0.15, 0.2) is 6.07 Å². The Labute approximate surface area is 119 Å².